The topological polar surface area (TPSA) is 85.8 Å². The van der Waals surface area contributed by atoms with Crippen molar-refractivity contribution in [2.75, 3.05) is 5.84 Å². The molecule has 1 aliphatic carbocycles. The van der Waals surface area contributed by atoms with Gasteiger partial charge in [0.2, 0.25) is 11.1 Å². The number of aromatic nitrogens is 3. The van der Waals surface area contributed by atoms with Crippen LogP contribution in [0.1, 0.15) is 19.8 Å². The van der Waals surface area contributed by atoms with Gasteiger partial charge in [-0.1, -0.05) is 39.8 Å². The molecule has 0 aliphatic heterocycles. The minimum Gasteiger partial charge on any atom is -0.352 e. The third kappa shape index (κ3) is 3.27. The zero-order valence-corrected chi connectivity index (χ0v) is 14.4. The number of rotatable bonds is 5. The predicted octanol–water partition coefficient (Wildman–Crippen LogP) is 2.18. The van der Waals surface area contributed by atoms with Crippen LogP contribution in [0.3, 0.4) is 0 Å². The number of nitrogens with one attached hydrogen (secondary N) is 1. The first-order valence-electron chi connectivity index (χ1n) is 6.98. The molecule has 8 heteroatoms. The fourth-order valence-corrected chi connectivity index (χ4v) is 3.18. The molecule has 1 unspecified atom stereocenters. The van der Waals surface area contributed by atoms with Gasteiger partial charge in [-0.05, 0) is 31.9 Å². The summed E-state index contributed by atoms with van der Waals surface area (Å²) in [4.78, 5) is 12.0. The second-order valence-corrected chi connectivity index (χ2v) is 7.36. The molecule has 0 radical (unpaired) electrons. The summed E-state index contributed by atoms with van der Waals surface area (Å²) in [5.74, 6) is 6.66. The molecule has 0 bridgehead atoms. The van der Waals surface area contributed by atoms with Crippen molar-refractivity contribution in [3.8, 4) is 11.4 Å². The molecule has 116 valence electrons. The Morgan fingerprint density at radius 1 is 1.45 bits per heavy atom. The highest BCUT2D eigenvalue weighted by atomic mass is 79.9. The molecule has 3 rings (SSSR count). The Bertz CT molecular complexity index is 700. The zero-order chi connectivity index (χ0) is 15.7. The number of nitrogens with two attached hydrogens (primary N) is 1. The van der Waals surface area contributed by atoms with Crippen LogP contribution in [0.25, 0.3) is 11.4 Å². The van der Waals surface area contributed by atoms with Gasteiger partial charge in [0.1, 0.15) is 0 Å². The van der Waals surface area contributed by atoms with E-state index in [0.29, 0.717) is 17.0 Å². The average molecular weight is 382 g/mol. The van der Waals surface area contributed by atoms with Gasteiger partial charge in [0.25, 0.3) is 0 Å². The maximum absolute atomic E-state index is 12.0. The third-order valence-electron chi connectivity index (χ3n) is 3.35. The minimum absolute atomic E-state index is 0.0120. The van der Waals surface area contributed by atoms with Gasteiger partial charge in [0.05, 0.1) is 5.25 Å². The van der Waals surface area contributed by atoms with Crippen LogP contribution in [-0.4, -0.2) is 32.1 Å². The molecule has 1 atom stereocenters. The van der Waals surface area contributed by atoms with Crippen molar-refractivity contribution in [3.05, 3.63) is 28.7 Å². The molecule has 1 saturated carbocycles. The summed E-state index contributed by atoms with van der Waals surface area (Å²) < 4.78 is 2.32. The standard InChI is InChI=1S/C14H16BrN5OS/c1-8(13(21)17-9-6-7-9)22-14-19-18-12(20(14)16)10-4-2-3-5-11(10)15/h2-5,8-9H,6-7,16H2,1H3,(H,17,21). The van der Waals surface area contributed by atoms with E-state index in [9.17, 15) is 4.79 Å². The molecule has 1 aromatic carbocycles. The first kappa shape index (κ1) is 15.4. The van der Waals surface area contributed by atoms with Crippen LogP contribution in [0.5, 0.6) is 0 Å². The molecular formula is C14H16BrN5OS. The lowest BCUT2D eigenvalue weighted by atomic mass is 10.2. The summed E-state index contributed by atoms with van der Waals surface area (Å²) in [5.41, 5.74) is 0.861. The highest BCUT2D eigenvalue weighted by Gasteiger charge is 2.27. The summed E-state index contributed by atoms with van der Waals surface area (Å²) in [7, 11) is 0. The quantitative estimate of drug-likeness (QED) is 0.612. The lowest BCUT2D eigenvalue weighted by molar-refractivity contribution is -0.120. The molecule has 1 fully saturated rings. The lowest BCUT2D eigenvalue weighted by Crippen LogP contribution is -2.32. The second-order valence-electron chi connectivity index (χ2n) is 5.20. The molecule has 3 N–H and O–H groups in total. The molecule has 2 aromatic rings. The molecule has 6 nitrogen and oxygen atoms in total. The van der Waals surface area contributed by atoms with Crippen molar-refractivity contribution in [1.82, 2.24) is 20.2 Å². The first-order valence-corrected chi connectivity index (χ1v) is 8.66. The molecular weight excluding hydrogens is 366 g/mol. The summed E-state index contributed by atoms with van der Waals surface area (Å²) in [5, 5.41) is 11.5. The predicted molar refractivity (Wildman–Crippen MR) is 89.8 cm³/mol. The van der Waals surface area contributed by atoms with Crippen LogP contribution >= 0.6 is 27.7 Å². The molecule has 0 saturated heterocycles. The van der Waals surface area contributed by atoms with E-state index < -0.39 is 0 Å². The van der Waals surface area contributed by atoms with Crippen LogP contribution in [0, 0.1) is 0 Å². The second kappa shape index (κ2) is 6.29. The van der Waals surface area contributed by atoms with E-state index in [1.165, 1.54) is 16.4 Å². The van der Waals surface area contributed by atoms with E-state index >= 15 is 0 Å². The van der Waals surface area contributed by atoms with Crippen molar-refractivity contribution in [1.29, 1.82) is 0 Å². The molecule has 22 heavy (non-hydrogen) atoms. The largest absolute Gasteiger partial charge is 0.352 e. The van der Waals surface area contributed by atoms with E-state index in [-0.39, 0.29) is 11.2 Å². The number of benzene rings is 1. The number of carbonyl (C=O) groups is 1. The van der Waals surface area contributed by atoms with Crippen molar-refractivity contribution in [2.24, 2.45) is 0 Å². The molecule has 1 aliphatic rings. The van der Waals surface area contributed by atoms with Crippen LogP contribution in [0.2, 0.25) is 0 Å². The van der Waals surface area contributed by atoms with Crippen molar-refractivity contribution < 1.29 is 4.79 Å². The maximum atomic E-state index is 12.0. The van der Waals surface area contributed by atoms with Gasteiger partial charge in [-0.3, -0.25) is 4.79 Å². The van der Waals surface area contributed by atoms with Gasteiger partial charge in [0.15, 0.2) is 5.82 Å². The van der Waals surface area contributed by atoms with Gasteiger partial charge in [-0.25, -0.2) is 4.68 Å². The van der Waals surface area contributed by atoms with E-state index in [2.05, 4.69) is 31.4 Å². The van der Waals surface area contributed by atoms with E-state index in [0.717, 1.165) is 22.9 Å². The van der Waals surface area contributed by atoms with Crippen LogP contribution in [0.4, 0.5) is 0 Å². The van der Waals surface area contributed by atoms with E-state index in [1.54, 1.807) is 0 Å². The Hall–Kier alpha value is -1.54. The van der Waals surface area contributed by atoms with Crippen molar-refractivity contribution >= 4 is 33.6 Å². The van der Waals surface area contributed by atoms with Crippen LogP contribution in [0.15, 0.2) is 33.9 Å². The van der Waals surface area contributed by atoms with Crippen LogP contribution < -0.4 is 11.2 Å². The van der Waals surface area contributed by atoms with Crippen molar-refractivity contribution in [3.63, 3.8) is 0 Å². The van der Waals surface area contributed by atoms with Crippen molar-refractivity contribution in [2.45, 2.75) is 36.2 Å². The average Bonchev–Trinajstić information content (AvgIpc) is 3.24. The number of hydrogen-bond acceptors (Lipinski definition) is 5. The third-order valence-corrected chi connectivity index (χ3v) is 5.10. The summed E-state index contributed by atoms with van der Waals surface area (Å²) in [6, 6.07) is 8.01. The fraction of sp³-hybridized carbons (Fsp3) is 0.357. The highest BCUT2D eigenvalue weighted by Crippen LogP contribution is 2.29. The number of nitrogen functional groups attached to an aromatic ring is 1. The normalized spacial score (nSPS) is 15.5. The Labute approximate surface area is 141 Å². The Morgan fingerprint density at radius 2 is 2.18 bits per heavy atom. The summed E-state index contributed by atoms with van der Waals surface area (Å²) in [6.07, 6.45) is 2.14. The Balaban J connectivity index is 1.75. The SMILES string of the molecule is CC(Sc1nnc(-c2ccccc2Br)n1N)C(=O)NC1CC1. The Kier molecular flexibility index (Phi) is 4.39. The lowest BCUT2D eigenvalue weighted by Gasteiger charge is -2.11. The number of hydrogen-bond donors (Lipinski definition) is 2. The maximum Gasteiger partial charge on any atom is 0.233 e. The molecule has 1 heterocycles. The summed E-state index contributed by atoms with van der Waals surface area (Å²) in [6.45, 7) is 1.84. The Morgan fingerprint density at radius 3 is 2.86 bits per heavy atom. The summed E-state index contributed by atoms with van der Waals surface area (Å²) >= 11 is 4.78. The van der Waals surface area contributed by atoms with Gasteiger partial charge >= 0.3 is 0 Å². The van der Waals surface area contributed by atoms with Gasteiger partial charge in [-0.2, -0.15) is 0 Å². The minimum atomic E-state index is -0.265. The fourth-order valence-electron chi connectivity index (χ4n) is 1.94. The number of amides is 1. The molecule has 1 aromatic heterocycles. The van der Waals surface area contributed by atoms with Gasteiger partial charge in [0, 0.05) is 16.1 Å². The monoisotopic (exact) mass is 381 g/mol. The highest BCUT2D eigenvalue weighted by molar-refractivity contribution is 9.10. The molecule has 0 spiro atoms. The number of nitrogens with zero attached hydrogens (tertiary/aromatic N) is 3. The first-order chi connectivity index (χ1) is 10.6. The van der Waals surface area contributed by atoms with Gasteiger partial charge < -0.3 is 11.2 Å². The molecule has 1 amide bonds. The number of halogens is 1. The van der Waals surface area contributed by atoms with E-state index in [1.807, 2.05) is 31.2 Å². The number of thioether (sulfide) groups is 1. The number of carbonyl (C=O) groups excluding carboxylic acids is 1. The van der Waals surface area contributed by atoms with Gasteiger partial charge in [-0.15, -0.1) is 10.2 Å². The zero-order valence-electron chi connectivity index (χ0n) is 12.0. The smallest absolute Gasteiger partial charge is 0.233 e. The van der Waals surface area contributed by atoms with E-state index in [4.69, 9.17) is 5.84 Å². The van der Waals surface area contributed by atoms with Crippen LogP contribution in [-0.2, 0) is 4.79 Å².